The molecule has 26 heavy (non-hydrogen) atoms. The highest BCUT2D eigenvalue weighted by Crippen LogP contribution is 2.38. The van der Waals surface area contributed by atoms with E-state index in [-0.39, 0.29) is 17.4 Å². The predicted octanol–water partition coefficient (Wildman–Crippen LogP) is 2.03. The second-order valence-electron chi connectivity index (χ2n) is 8.28. The Bertz CT molecular complexity index is 815. The van der Waals surface area contributed by atoms with Crippen molar-refractivity contribution in [1.82, 2.24) is 14.4 Å². The molecule has 1 N–H and O–H groups in total. The van der Waals surface area contributed by atoms with E-state index in [1.54, 1.807) is 0 Å². The summed E-state index contributed by atoms with van der Waals surface area (Å²) in [6.45, 7) is 3.31. The third kappa shape index (κ3) is 3.03. The van der Waals surface area contributed by atoms with Crippen LogP contribution in [0.5, 0.6) is 0 Å². The van der Waals surface area contributed by atoms with Crippen LogP contribution in [-0.4, -0.2) is 64.7 Å². The van der Waals surface area contributed by atoms with Crippen molar-refractivity contribution in [2.24, 2.45) is 12.5 Å². The lowest BCUT2D eigenvalue weighted by atomic mass is 9.71. The smallest absolute Gasteiger partial charge is 0.227 e. The number of piperidine rings is 2. The van der Waals surface area contributed by atoms with Crippen LogP contribution in [0.2, 0.25) is 0 Å². The lowest BCUT2D eigenvalue weighted by Gasteiger charge is -2.50. The summed E-state index contributed by atoms with van der Waals surface area (Å²) in [6, 6.07) is 8.24. The van der Waals surface area contributed by atoms with E-state index in [1.165, 1.54) is 0 Å². The molecule has 1 aromatic heterocycles. The Morgan fingerprint density at radius 2 is 2.04 bits per heavy atom. The number of aromatic nitrogens is 1. The molecule has 5 heteroatoms. The number of carbonyl (C=O) groups excluding carboxylic acids is 1. The van der Waals surface area contributed by atoms with E-state index in [9.17, 15) is 9.90 Å². The predicted molar refractivity (Wildman–Crippen MR) is 103 cm³/mol. The molecule has 0 bridgehead atoms. The van der Waals surface area contributed by atoms with E-state index in [1.807, 2.05) is 24.1 Å². The molecule has 3 heterocycles. The van der Waals surface area contributed by atoms with Crippen LogP contribution in [0.25, 0.3) is 10.9 Å². The van der Waals surface area contributed by atoms with Crippen LogP contribution < -0.4 is 0 Å². The molecule has 4 rings (SSSR count). The Kier molecular flexibility index (Phi) is 4.53. The number of likely N-dealkylation sites (tertiary alicyclic amines) is 2. The zero-order valence-electron chi connectivity index (χ0n) is 15.8. The summed E-state index contributed by atoms with van der Waals surface area (Å²) >= 11 is 0. The number of aliphatic hydroxyl groups is 1. The number of nitrogens with zero attached hydrogens (tertiary/aromatic N) is 3. The van der Waals surface area contributed by atoms with Gasteiger partial charge in [0.05, 0.1) is 12.5 Å². The fourth-order valence-electron chi connectivity index (χ4n) is 4.99. The summed E-state index contributed by atoms with van der Waals surface area (Å²) in [5, 5.41) is 11.8. The second kappa shape index (κ2) is 6.71. The van der Waals surface area contributed by atoms with Crippen molar-refractivity contribution in [1.29, 1.82) is 0 Å². The van der Waals surface area contributed by atoms with E-state index in [0.29, 0.717) is 13.0 Å². The Balaban J connectivity index is 1.52. The molecular formula is C21H29N3O2. The molecule has 2 aliphatic heterocycles. The van der Waals surface area contributed by atoms with Gasteiger partial charge in [-0.15, -0.1) is 0 Å². The first-order valence-corrected chi connectivity index (χ1v) is 9.66. The van der Waals surface area contributed by atoms with Gasteiger partial charge in [0, 0.05) is 55.7 Å². The van der Waals surface area contributed by atoms with E-state index in [2.05, 4.69) is 34.8 Å². The molecule has 1 spiro atoms. The molecule has 1 aromatic carbocycles. The van der Waals surface area contributed by atoms with Crippen molar-refractivity contribution in [2.45, 2.75) is 31.8 Å². The van der Waals surface area contributed by atoms with Crippen LogP contribution in [0.1, 0.15) is 24.8 Å². The zero-order valence-corrected chi connectivity index (χ0v) is 15.8. The quantitative estimate of drug-likeness (QED) is 0.897. The molecule has 1 amide bonds. The molecule has 0 aliphatic carbocycles. The first kappa shape index (κ1) is 17.6. The van der Waals surface area contributed by atoms with Crippen LogP contribution in [-0.2, 0) is 18.3 Å². The number of hydrogen-bond acceptors (Lipinski definition) is 3. The van der Waals surface area contributed by atoms with Crippen molar-refractivity contribution >= 4 is 16.8 Å². The van der Waals surface area contributed by atoms with Crippen LogP contribution in [0.4, 0.5) is 0 Å². The molecule has 2 fully saturated rings. The minimum atomic E-state index is -0.299. The summed E-state index contributed by atoms with van der Waals surface area (Å²) in [7, 11) is 4.14. The molecule has 2 atom stereocenters. The number of hydrogen-bond donors (Lipinski definition) is 1. The summed E-state index contributed by atoms with van der Waals surface area (Å²) < 4.78 is 2.09. The zero-order chi connectivity index (χ0) is 18.3. The first-order chi connectivity index (χ1) is 12.5. The topological polar surface area (TPSA) is 48.7 Å². The number of rotatable bonds is 2. The average molecular weight is 355 g/mol. The number of benzene rings is 1. The Labute approximate surface area is 155 Å². The minimum absolute atomic E-state index is 0.153. The summed E-state index contributed by atoms with van der Waals surface area (Å²) in [5.74, 6) is 0.181. The molecule has 2 aliphatic rings. The number of amides is 1. The maximum Gasteiger partial charge on any atom is 0.227 e. The molecule has 0 saturated carbocycles. The molecule has 2 aromatic rings. The van der Waals surface area contributed by atoms with Gasteiger partial charge in [0.1, 0.15) is 0 Å². The van der Waals surface area contributed by atoms with Crippen molar-refractivity contribution in [2.75, 3.05) is 33.2 Å². The lowest BCUT2D eigenvalue weighted by molar-refractivity contribution is -0.140. The van der Waals surface area contributed by atoms with E-state index < -0.39 is 0 Å². The maximum atomic E-state index is 13.1. The fourth-order valence-corrected chi connectivity index (χ4v) is 4.99. The highest BCUT2D eigenvalue weighted by molar-refractivity contribution is 5.89. The highest BCUT2D eigenvalue weighted by atomic mass is 16.3. The van der Waals surface area contributed by atoms with Gasteiger partial charge in [0.15, 0.2) is 0 Å². The van der Waals surface area contributed by atoms with Gasteiger partial charge in [-0.05, 0) is 37.9 Å². The number of fused-ring (bicyclic) bond motifs is 1. The van der Waals surface area contributed by atoms with Gasteiger partial charge in [-0.2, -0.15) is 0 Å². The number of para-hydroxylation sites is 1. The van der Waals surface area contributed by atoms with Crippen LogP contribution >= 0.6 is 0 Å². The highest BCUT2D eigenvalue weighted by Gasteiger charge is 2.45. The number of aryl methyl sites for hydroxylation is 1. The van der Waals surface area contributed by atoms with Gasteiger partial charge >= 0.3 is 0 Å². The lowest BCUT2D eigenvalue weighted by Crippen LogP contribution is -2.59. The van der Waals surface area contributed by atoms with E-state index >= 15 is 0 Å². The third-order valence-corrected chi connectivity index (χ3v) is 6.36. The largest absolute Gasteiger partial charge is 0.392 e. The van der Waals surface area contributed by atoms with Crippen molar-refractivity contribution < 1.29 is 9.90 Å². The Morgan fingerprint density at radius 1 is 1.23 bits per heavy atom. The summed E-state index contributed by atoms with van der Waals surface area (Å²) in [4.78, 5) is 17.3. The second-order valence-corrected chi connectivity index (χ2v) is 8.28. The number of carbonyl (C=O) groups is 1. The Morgan fingerprint density at radius 3 is 2.88 bits per heavy atom. The molecule has 0 unspecified atom stereocenters. The normalized spacial score (nSPS) is 27.3. The van der Waals surface area contributed by atoms with Crippen molar-refractivity contribution in [3.63, 3.8) is 0 Å². The van der Waals surface area contributed by atoms with Crippen molar-refractivity contribution in [3.05, 3.63) is 36.0 Å². The average Bonchev–Trinajstić information content (AvgIpc) is 2.95. The standard InChI is InChI=1S/C21H29N3O2/c1-22-11-8-19(25)21(14-22)9-5-10-24(15-21)20(26)12-16-13-23(2)18-7-4-3-6-17(16)18/h3-4,6-7,13,19,25H,5,8-12,14-15H2,1-2H3/t19-,21-/m0/s1. The van der Waals surface area contributed by atoms with Gasteiger partial charge in [0.2, 0.25) is 5.91 Å². The van der Waals surface area contributed by atoms with Crippen LogP contribution in [0.3, 0.4) is 0 Å². The van der Waals surface area contributed by atoms with Gasteiger partial charge in [-0.1, -0.05) is 18.2 Å². The molecular weight excluding hydrogens is 326 g/mol. The minimum Gasteiger partial charge on any atom is -0.392 e. The summed E-state index contributed by atoms with van der Waals surface area (Å²) in [5.41, 5.74) is 2.10. The van der Waals surface area contributed by atoms with Gasteiger partial charge in [-0.3, -0.25) is 4.79 Å². The first-order valence-electron chi connectivity index (χ1n) is 9.66. The van der Waals surface area contributed by atoms with Gasteiger partial charge in [-0.25, -0.2) is 0 Å². The SMILES string of the molecule is CN1CC[C@H](O)[C@@]2(CCCN(C(=O)Cc3cn(C)c4ccccc34)C2)C1. The van der Waals surface area contributed by atoms with Crippen molar-refractivity contribution in [3.8, 4) is 0 Å². The number of aliphatic hydroxyl groups excluding tert-OH is 1. The Hall–Kier alpha value is -1.85. The van der Waals surface area contributed by atoms with Crippen LogP contribution in [0.15, 0.2) is 30.5 Å². The molecule has 2 saturated heterocycles. The van der Waals surface area contributed by atoms with Gasteiger partial charge < -0.3 is 19.5 Å². The third-order valence-electron chi connectivity index (χ3n) is 6.36. The van der Waals surface area contributed by atoms with E-state index in [0.717, 1.165) is 55.4 Å². The fraction of sp³-hybridized carbons (Fsp3) is 0.571. The van der Waals surface area contributed by atoms with E-state index in [4.69, 9.17) is 0 Å². The molecule has 5 nitrogen and oxygen atoms in total. The monoisotopic (exact) mass is 355 g/mol. The summed E-state index contributed by atoms with van der Waals surface area (Å²) in [6.07, 6.45) is 5.01. The van der Waals surface area contributed by atoms with Crippen LogP contribution in [0, 0.1) is 5.41 Å². The molecule has 140 valence electrons. The maximum absolute atomic E-state index is 13.1. The van der Waals surface area contributed by atoms with Gasteiger partial charge in [0.25, 0.3) is 0 Å². The molecule has 0 radical (unpaired) electrons.